The number of methoxy groups -OCH3 is 1. The number of nitrogens with one attached hydrogen (secondary N) is 1. The Labute approximate surface area is 135 Å². The highest BCUT2D eigenvalue weighted by Crippen LogP contribution is 2.14. The summed E-state index contributed by atoms with van der Waals surface area (Å²) in [5, 5.41) is 12.0. The summed E-state index contributed by atoms with van der Waals surface area (Å²) < 4.78 is 4.88. The highest BCUT2D eigenvalue weighted by molar-refractivity contribution is 5.73. The van der Waals surface area contributed by atoms with Crippen molar-refractivity contribution in [3.05, 3.63) is 53.5 Å². The first-order chi connectivity index (χ1) is 11.1. The zero-order valence-corrected chi connectivity index (χ0v) is 13.1. The second-order valence-corrected chi connectivity index (χ2v) is 5.16. The molecule has 0 amide bonds. The summed E-state index contributed by atoms with van der Waals surface area (Å²) in [5.74, 6) is -0.315. The number of carbonyl (C=O) groups is 1. The van der Waals surface area contributed by atoms with Crippen molar-refractivity contribution in [3.63, 3.8) is 0 Å². The van der Waals surface area contributed by atoms with Crippen molar-refractivity contribution >= 4 is 11.8 Å². The normalized spacial score (nSPS) is 11.3. The molecular weight excluding hydrogens is 292 g/mol. The molecule has 23 heavy (non-hydrogen) atoms. The molecule has 1 aromatic heterocycles. The third-order valence-electron chi connectivity index (χ3n) is 3.42. The Morgan fingerprint density at radius 2 is 2.17 bits per heavy atom. The van der Waals surface area contributed by atoms with Gasteiger partial charge in [0.2, 0.25) is 0 Å². The van der Waals surface area contributed by atoms with Crippen molar-refractivity contribution < 1.29 is 9.53 Å². The SMILES string of the molecule is COC(=O)C(CNc1nccnc1C#N)Cc1cccc(C)c1. The van der Waals surface area contributed by atoms with Crippen molar-refractivity contribution in [2.45, 2.75) is 13.3 Å². The fraction of sp³-hybridized carbons (Fsp3) is 0.294. The molecule has 6 heteroatoms. The third kappa shape index (κ3) is 4.51. The summed E-state index contributed by atoms with van der Waals surface area (Å²) >= 11 is 0. The molecule has 0 aliphatic heterocycles. The average molecular weight is 310 g/mol. The van der Waals surface area contributed by atoms with Gasteiger partial charge >= 0.3 is 5.97 Å². The molecule has 118 valence electrons. The standard InChI is InChI=1S/C17H18N4O2/c1-12-4-3-5-13(8-12)9-14(17(22)23-2)11-21-16-15(10-18)19-6-7-20-16/h3-8,14H,9,11H2,1-2H3,(H,20,21). The van der Waals surface area contributed by atoms with Crippen LogP contribution in [0.4, 0.5) is 5.82 Å². The molecule has 2 rings (SSSR count). The predicted molar refractivity (Wildman–Crippen MR) is 85.6 cm³/mol. The molecule has 1 atom stereocenters. The van der Waals surface area contributed by atoms with E-state index in [2.05, 4.69) is 15.3 Å². The summed E-state index contributed by atoms with van der Waals surface area (Å²) in [7, 11) is 1.37. The van der Waals surface area contributed by atoms with E-state index < -0.39 is 0 Å². The van der Waals surface area contributed by atoms with Gasteiger partial charge in [-0.1, -0.05) is 29.8 Å². The minimum Gasteiger partial charge on any atom is -0.469 e. The molecule has 0 aliphatic rings. The first-order valence-electron chi connectivity index (χ1n) is 7.22. The van der Waals surface area contributed by atoms with Gasteiger partial charge in [-0.15, -0.1) is 0 Å². The molecule has 0 fully saturated rings. The van der Waals surface area contributed by atoms with E-state index in [9.17, 15) is 4.79 Å². The number of benzene rings is 1. The molecule has 0 radical (unpaired) electrons. The van der Waals surface area contributed by atoms with Crippen LogP contribution < -0.4 is 5.32 Å². The zero-order valence-electron chi connectivity index (χ0n) is 13.1. The van der Waals surface area contributed by atoms with Gasteiger partial charge in [-0.3, -0.25) is 4.79 Å². The lowest BCUT2D eigenvalue weighted by molar-refractivity contribution is -0.144. The molecule has 1 unspecified atom stereocenters. The van der Waals surface area contributed by atoms with Crippen LogP contribution >= 0.6 is 0 Å². The summed E-state index contributed by atoms with van der Waals surface area (Å²) in [5.41, 5.74) is 2.40. The van der Waals surface area contributed by atoms with Gasteiger partial charge in [0.1, 0.15) is 6.07 Å². The van der Waals surface area contributed by atoms with E-state index in [1.54, 1.807) is 0 Å². The Kier molecular flexibility index (Phi) is 5.64. The predicted octanol–water partition coefficient (Wildman–Crippen LogP) is 2.10. The van der Waals surface area contributed by atoms with E-state index in [0.717, 1.165) is 11.1 Å². The lowest BCUT2D eigenvalue weighted by Crippen LogP contribution is -2.27. The minimum atomic E-state index is -0.379. The second-order valence-electron chi connectivity index (χ2n) is 5.16. The number of carbonyl (C=O) groups excluding carboxylic acids is 1. The van der Waals surface area contributed by atoms with Gasteiger partial charge in [-0.05, 0) is 18.9 Å². The number of hydrogen-bond acceptors (Lipinski definition) is 6. The van der Waals surface area contributed by atoms with Gasteiger partial charge in [0.25, 0.3) is 0 Å². The summed E-state index contributed by atoms with van der Waals surface area (Å²) in [6.45, 7) is 2.32. The molecular formula is C17H18N4O2. The molecule has 0 aliphatic carbocycles. The Morgan fingerprint density at radius 1 is 1.39 bits per heavy atom. The summed E-state index contributed by atoms with van der Waals surface area (Å²) in [6.07, 6.45) is 3.49. The molecule has 0 saturated heterocycles. The number of rotatable bonds is 6. The Balaban J connectivity index is 2.10. The maximum atomic E-state index is 12.0. The Hall–Kier alpha value is -2.94. The Morgan fingerprint density at radius 3 is 2.87 bits per heavy atom. The van der Waals surface area contributed by atoms with E-state index in [0.29, 0.717) is 18.8 Å². The lowest BCUT2D eigenvalue weighted by atomic mass is 9.98. The van der Waals surface area contributed by atoms with Crippen LogP contribution in [0.5, 0.6) is 0 Å². The van der Waals surface area contributed by atoms with E-state index in [-0.39, 0.29) is 17.6 Å². The minimum absolute atomic E-state index is 0.201. The van der Waals surface area contributed by atoms with Gasteiger partial charge in [0.05, 0.1) is 13.0 Å². The maximum absolute atomic E-state index is 12.0. The van der Waals surface area contributed by atoms with Crippen LogP contribution in [0.25, 0.3) is 0 Å². The zero-order chi connectivity index (χ0) is 16.7. The van der Waals surface area contributed by atoms with Crippen LogP contribution in [0.3, 0.4) is 0 Å². The highest BCUT2D eigenvalue weighted by Gasteiger charge is 2.20. The van der Waals surface area contributed by atoms with Crippen molar-refractivity contribution in [1.82, 2.24) is 9.97 Å². The highest BCUT2D eigenvalue weighted by atomic mass is 16.5. The number of nitrogens with zero attached hydrogens (tertiary/aromatic N) is 3. The van der Waals surface area contributed by atoms with Crippen LogP contribution in [-0.2, 0) is 16.0 Å². The quantitative estimate of drug-likeness (QED) is 0.822. The van der Waals surface area contributed by atoms with E-state index in [1.807, 2.05) is 37.3 Å². The Bertz CT molecular complexity index is 725. The van der Waals surface area contributed by atoms with Crippen LogP contribution in [0.1, 0.15) is 16.8 Å². The molecule has 1 heterocycles. The topological polar surface area (TPSA) is 87.9 Å². The number of esters is 1. The van der Waals surface area contributed by atoms with Gasteiger partial charge in [0.15, 0.2) is 11.5 Å². The number of aryl methyl sites for hydroxylation is 1. The number of anilines is 1. The first kappa shape index (κ1) is 16.4. The fourth-order valence-electron chi connectivity index (χ4n) is 2.30. The molecule has 0 spiro atoms. The summed E-state index contributed by atoms with van der Waals surface area (Å²) in [6, 6.07) is 9.95. The lowest BCUT2D eigenvalue weighted by Gasteiger charge is -2.16. The number of aromatic nitrogens is 2. The van der Waals surface area contributed by atoms with Gasteiger partial charge < -0.3 is 10.1 Å². The van der Waals surface area contributed by atoms with Gasteiger partial charge in [-0.2, -0.15) is 5.26 Å². The maximum Gasteiger partial charge on any atom is 0.310 e. The van der Waals surface area contributed by atoms with E-state index >= 15 is 0 Å². The van der Waals surface area contributed by atoms with E-state index in [1.165, 1.54) is 19.5 Å². The van der Waals surface area contributed by atoms with Crippen LogP contribution in [-0.4, -0.2) is 29.6 Å². The molecule has 0 bridgehead atoms. The summed E-state index contributed by atoms with van der Waals surface area (Å²) in [4.78, 5) is 20.0. The fourth-order valence-corrected chi connectivity index (χ4v) is 2.30. The van der Waals surface area contributed by atoms with Crippen LogP contribution in [0.15, 0.2) is 36.7 Å². The molecule has 1 N–H and O–H groups in total. The van der Waals surface area contributed by atoms with Crippen LogP contribution in [0, 0.1) is 24.2 Å². The molecule has 1 aromatic carbocycles. The van der Waals surface area contributed by atoms with Gasteiger partial charge in [-0.25, -0.2) is 9.97 Å². The smallest absolute Gasteiger partial charge is 0.310 e. The monoisotopic (exact) mass is 310 g/mol. The van der Waals surface area contributed by atoms with Crippen molar-refractivity contribution in [1.29, 1.82) is 5.26 Å². The van der Waals surface area contributed by atoms with Crippen molar-refractivity contribution in [3.8, 4) is 6.07 Å². The van der Waals surface area contributed by atoms with Crippen molar-refractivity contribution in [2.24, 2.45) is 5.92 Å². The van der Waals surface area contributed by atoms with E-state index in [4.69, 9.17) is 10.00 Å². The number of ether oxygens (including phenoxy) is 1. The molecule has 6 nitrogen and oxygen atoms in total. The average Bonchev–Trinajstić information content (AvgIpc) is 2.58. The molecule has 0 saturated carbocycles. The van der Waals surface area contributed by atoms with Gasteiger partial charge in [0, 0.05) is 18.9 Å². The first-order valence-corrected chi connectivity index (χ1v) is 7.22. The number of nitriles is 1. The van der Waals surface area contributed by atoms with Crippen molar-refractivity contribution in [2.75, 3.05) is 19.0 Å². The largest absolute Gasteiger partial charge is 0.469 e. The third-order valence-corrected chi connectivity index (χ3v) is 3.42. The number of hydrogen-bond donors (Lipinski definition) is 1. The molecule has 2 aromatic rings. The second kappa shape index (κ2) is 7.90. The van der Waals surface area contributed by atoms with Crippen LogP contribution in [0.2, 0.25) is 0 Å².